The van der Waals surface area contributed by atoms with Crippen molar-refractivity contribution in [1.82, 2.24) is 5.06 Å². The third kappa shape index (κ3) is 6.36. The van der Waals surface area contributed by atoms with Crippen LogP contribution >= 0.6 is 0 Å². The molecule has 0 saturated heterocycles. The Kier molecular flexibility index (Phi) is 7.15. The van der Waals surface area contributed by atoms with Crippen LogP contribution in [-0.2, 0) is 9.63 Å². The van der Waals surface area contributed by atoms with Crippen molar-refractivity contribution in [2.75, 3.05) is 13.7 Å². The normalized spacial score (nSPS) is 12.6. The number of hydrogen-bond acceptors (Lipinski definition) is 3. The van der Waals surface area contributed by atoms with E-state index in [1.54, 1.807) is 0 Å². The van der Waals surface area contributed by atoms with E-state index in [-0.39, 0.29) is 11.9 Å². The zero-order chi connectivity index (χ0) is 14.1. The molecule has 0 aromatic heterocycles. The second-order valence-electron chi connectivity index (χ2n) is 4.74. The molecule has 0 fully saturated rings. The van der Waals surface area contributed by atoms with Gasteiger partial charge in [-0.1, -0.05) is 36.8 Å². The lowest BCUT2D eigenvalue weighted by atomic mass is 10.1. The summed E-state index contributed by atoms with van der Waals surface area (Å²) in [6.45, 7) is 2.79. The van der Waals surface area contributed by atoms with E-state index in [9.17, 15) is 4.79 Å². The Morgan fingerprint density at radius 3 is 2.58 bits per heavy atom. The minimum absolute atomic E-state index is 0.226. The molecule has 19 heavy (non-hydrogen) atoms. The molecule has 0 spiro atoms. The van der Waals surface area contributed by atoms with Crippen LogP contribution in [-0.4, -0.2) is 24.6 Å². The Morgan fingerprint density at radius 2 is 1.95 bits per heavy atom. The predicted octanol–water partition coefficient (Wildman–Crippen LogP) is 2.66. The highest BCUT2D eigenvalue weighted by molar-refractivity contribution is 5.73. The van der Waals surface area contributed by atoms with Gasteiger partial charge >= 0.3 is 0 Å². The molecule has 0 unspecified atom stereocenters. The number of hydroxylamine groups is 2. The number of hydrogen-bond donors (Lipinski definition) is 1. The van der Waals surface area contributed by atoms with E-state index < -0.39 is 0 Å². The van der Waals surface area contributed by atoms with Gasteiger partial charge in [-0.25, -0.2) is 0 Å². The first-order valence-corrected chi connectivity index (χ1v) is 6.80. The summed E-state index contributed by atoms with van der Waals surface area (Å²) in [5, 5.41) is 1.88. The molecule has 1 amide bonds. The number of rotatable bonds is 9. The van der Waals surface area contributed by atoms with Crippen LogP contribution in [0.4, 0.5) is 0 Å². The van der Waals surface area contributed by atoms with E-state index in [0.717, 1.165) is 19.3 Å². The fourth-order valence-corrected chi connectivity index (χ4v) is 1.84. The van der Waals surface area contributed by atoms with Crippen LogP contribution in [0, 0.1) is 0 Å². The first-order chi connectivity index (χ1) is 9.11. The van der Waals surface area contributed by atoms with Crippen LogP contribution in [0.2, 0.25) is 0 Å². The van der Waals surface area contributed by atoms with Crippen molar-refractivity contribution in [3.63, 3.8) is 0 Å². The summed E-state index contributed by atoms with van der Waals surface area (Å²) in [5.41, 5.74) is 6.32. The monoisotopic (exact) mass is 264 g/mol. The van der Waals surface area contributed by atoms with Gasteiger partial charge in [-0.05, 0) is 25.3 Å². The molecule has 1 aromatic carbocycles. The van der Waals surface area contributed by atoms with Gasteiger partial charge in [-0.2, -0.15) is 5.06 Å². The number of amides is 1. The highest BCUT2D eigenvalue weighted by Gasteiger charge is 2.11. The van der Waals surface area contributed by atoms with Crippen LogP contribution in [0.25, 0.3) is 0 Å². The maximum Gasteiger partial charge on any atom is 0.217 e. The molecule has 0 aliphatic carbocycles. The van der Waals surface area contributed by atoms with E-state index in [1.165, 1.54) is 5.56 Å². The second-order valence-corrected chi connectivity index (χ2v) is 4.74. The third-order valence-electron chi connectivity index (χ3n) is 3.19. The Morgan fingerprint density at radius 1 is 1.26 bits per heavy atom. The van der Waals surface area contributed by atoms with Gasteiger partial charge in [0.25, 0.3) is 0 Å². The highest BCUT2D eigenvalue weighted by atomic mass is 16.7. The van der Waals surface area contributed by atoms with E-state index in [0.29, 0.717) is 13.0 Å². The van der Waals surface area contributed by atoms with Crippen LogP contribution in [0.5, 0.6) is 0 Å². The lowest BCUT2D eigenvalue weighted by Crippen LogP contribution is -2.23. The van der Waals surface area contributed by atoms with Crippen LogP contribution in [0.15, 0.2) is 30.3 Å². The molecule has 2 N–H and O–H groups in total. The molecule has 0 bridgehead atoms. The van der Waals surface area contributed by atoms with Crippen LogP contribution in [0.1, 0.15) is 44.2 Å². The van der Waals surface area contributed by atoms with Crippen molar-refractivity contribution in [2.45, 2.75) is 38.6 Å². The van der Waals surface area contributed by atoms with Crippen LogP contribution < -0.4 is 5.73 Å². The van der Waals surface area contributed by atoms with E-state index >= 15 is 0 Å². The summed E-state index contributed by atoms with van der Waals surface area (Å²) >= 11 is 0. The zero-order valence-corrected chi connectivity index (χ0v) is 11.8. The average molecular weight is 264 g/mol. The number of nitrogens with zero attached hydrogens (tertiary/aromatic N) is 1. The van der Waals surface area contributed by atoms with Gasteiger partial charge in [-0.15, -0.1) is 0 Å². The molecular formula is C15H24N2O2. The number of nitrogens with two attached hydrogens (primary N) is 1. The minimum Gasteiger partial charge on any atom is -0.370 e. The SMILES string of the molecule is C[C@@H](c1ccccc1)N(C)OCCCCCC(N)=O. The Balaban J connectivity index is 2.17. The Labute approximate surface area is 115 Å². The van der Waals surface area contributed by atoms with Gasteiger partial charge in [0.15, 0.2) is 0 Å². The molecule has 1 rings (SSSR count). The number of carbonyl (C=O) groups is 1. The second kappa shape index (κ2) is 8.67. The molecule has 4 nitrogen and oxygen atoms in total. The van der Waals surface area contributed by atoms with Gasteiger partial charge < -0.3 is 5.73 Å². The maximum atomic E-state index is 10.6. The van der Waals surface area contributed by atoms with Gasteiger partial charge in [0.05, 0.1) is 12.6 Å². The van der Waals surface area contributed by atoms with Crippen molar-refractivity contribution >= 4 is 5.91 Å². The molecule has 0 heterocycles. The first-order valence-electron chi connectivity index (χ1n) is 6.80. The number of benzene rings is 1. The third-order valence-corrected chi connectivity index (χ3v) is 3.19. The zero-order valence-electron chi connectivity index (χ0n) is 11.8. The molecular weight excluding hydrogens is 240 g/mol. The molecule has 0 aliphatic rings. The fraction of sp³-hybridized carbons (Fsp3) is 0.533. The fourth-order valence-electron chi connectivity index (χ4n) is 1.84. The summed E-state index contributed by atoms with van der Waals surface area (Å²) < 4.78 is 0. The lowest BCUT2D eigenvalue weighted by Gasteiger charge is -2.24. The van der Waals surface area contributed by atoms with Crippen molar-refractivity contribution in [3.8, 4) is 0 Å². The van der Waals surface area contributed by atoms with Crippen LogP contribution in [0.3, 0.4) is 0 Å². The smallest absolute Gasteiger partial charge is 0.217 e. The molecule has 106 valence electrons. The van der Waals surface area contributed by atoms with Gasteiger partial charge in [-0.3, -0.25) is 9.63 Å². The van der Waals surface area contributed by atoms with Gasteiger partial charge in [0.2, 0.25) is 5.91 Å². The van der Waals surface area contributed by atoms with Crippen molar-refractivity contribution < 1.29 is 9.63 Å². The van der Waals surface area contributed by atoms with E-state index in [2.05, 4.69) is 19.1 Å². The van der Waals surface area contributed by atoms with Gasteiger partial charge in [0, 0.05) is 13.5 Å². The minimum atomic E-state index is -0.226. The van der Waals surface area contributed by atoms with Gasteiger partial charge in [0.1, 0.15) is 0 Å². The number of unbranched alkanes of at least 4 members (excludes halogenated alkanes) is 2. The average Bonchev–Trinajstić information content (AvgIpc) is 2.42. The first kappa shape index (κ1) is 15.7. The molecule has 1 aromatic rings. The van der Waals surface area contributed by atoms with Crippen molar-refractivity contribution in [3.05, 3.63) is 35.9 Å². The Bertz CT molecular complexity index is 368. The highest BCUT2D eigenvalue weighted by Crippen LogP contribution is 2.18. The maximum absolute atomic E-state index is 10.6. The predicted molar refractivity (Wildman–Crippen MR) is 76.2 cm³/mol. The van der Waals surface area contributed by atoms with Crippen molar-refractivity contribution in [1.29, 1.82) is 0 Å². The van der Waals surface area contributed by atoms with E-state index in [4.69, 9.17) is 10.6 Å². The molecule has 0 aliphatic heterocycles. The van der Waals surface area contributed by atoms with Crippen molar-refractivity contribution in [2.24, 2.45) is 5.73 Å². The molecule has 1 atom stereocenters. The quantitative estimate of drug-likeness (QED) is 0.551. The standard InChI is InChI=1S/C15H24N2O2/c1-13(14-9-5-3-6-10-14)17(2)19-12-8-4-7-11-15(16)18/h3,5-6,9-10,13H,4,7-8,11-12H2,1-2H3,(H2,16,18)/t13-/m0/s1. The summed E-state index contributed by atoms with van der Waals surface area (Å²) in [4.78, 5) is 16.3. The topological polar surface area (TPSA) is 55.6 Å². The van der Waals surface area contributed by atoms with E-state index in [1.807, 2.05) is 30.3 Å². The summed E-state index contributed by atoms with van der Waals surface area (Å²) in [5.74, 6) is -0.226. The summed E-state index contributed by atoms with van der Waals surface area (Å²) in [7, 11) is 1.95. The molecule has 4 heteroatoms. The number of primary amides is 1. The Hall–Kier alpha value is -1.39. The largest absolute Gasteiger partial charge is 0.370 e. The summed E-state index contributed by atoms with van der Waals surface area (Å²) in [6.07, 6.45) is 3.22. The lowest BCUT2D eigenvalue weighted by molar-refractivity contribution is -0.166. The molecule has 0 radical (unpaired) electrons. The molecule has 0 saturated carbocycles. The summed E-state index contributed by atoms with van der Waals surface area (Å²) in [6, 6.07) is 10.5. The number of carbonyl (C=O) groups excluding carboxylic acids is 1.